The van der Waals surface area contributed by atoms with Crippen molar-refractivity contribution in [1.82, 2.24) is 10.3 Å². The van der Waals surface area contributed by atoms with E-state index in [1.54, 1.807) is 0 Å². The van der Waals surface area contributed by atoms with E-state index in [4.69, 9.17) is 0 Å². The molecule has 1 N–H and O–H groups in total. The van der Waals surface area contributed by atoms with Gasteiger partial charge in [0, 0.05) is 10.7 Å². The van der Waals surface area contributed by atoms with E-state index in [1.807, 2.05) is 25.4 Å². The van der Waals surface area contributed by atoms with Crippen molar-refractivity contribution < 1.29 is 0 Å². The third kappa shape index (κ3) is 3.92. The number of hydrogen-bond donors (Lipinski definition) is 1. The number of pyridine rings is 1. The zero-order valence-electron chi connectivity index (χ0n) is 9.46. The number of halogens is 1. The Balaban J connectivity index is 2.61. The molecule has 0 saturated heterocycles. The minimum atomic E-state index is 0.368. The summed E-state index contributed by atoms with van der Waals surface area (Å²) < 4.78 is 1.10. The normalized spacial score (nSPS) is 12.7. The first-order valence-electron chi connectivity index (χ1n) is 5.57. The average Bonchev–Trinajstić information content (AvgIpc) is 2.26. The molecule has 0 aliphatic rings. The summed E-state index contributed by atoms with van der Waals surface area (Å²) in [5.74, 6) is 0. The van der Waals surface area contributed by atoms with E-state index in [-0.39, 0.29) is 0 Å². The molecular weight excluding hydrogens is 252 g/mol. The SMILES string of the molecule is CCCCCC(NC)c1ncccc1Br. The van der Waals surface area contributed by atoms with E-state index in [0.717, 1.165) is 16.6 Å². The molecule has 0 saturated carbocycles. The first-order chi connectivity index (χ1) is 7.29. The van der Waals surface area contributed by atoms with Gasteiger partial charge in [-0.2, -0.15) is 0 Å². The van der Waals surface area contributed by atoms with Crippen LogP contribution in [0.3, 0.4) is 0 Å². The first-order valence-corrected chi connectivity index (χ1v) is 6.36. The summed E-state index contributed by atoms with van der Waals surface area (Å²) in [4.78, 5) is 4.42. The molecule has 1 heterocycles. The molecule has 1 aromatic heterocycles. The molecule has 2 nitrogen and oxygen atoms in total. The number of hydrogen-bond acceptors (Lipinski definition) is 2. The van der Waals surface area contributed by atoms with Crippen molar-refractivity contribution in [1.29, 1.82) is 0 Å². The lowest BCUT2D eigenvalue weighted by Gasteiger charge is -2.16. The molecule has 0 aliphatic heterocycles. The van der Waals surface area contributed by atoms with Crippen LogP contribution in [0.4, 0.5) is 0 Å². The standard InChI is InChI=1S/C12H19BrN2/c1-3-4-5-8-11(14-2)12-10(13)7-6-9-15-12/h6-7,9,11,14H,3-5,8H2,1-2H3. The summed E-state index contributed by atoms with van der Waals surface area (Å²) in [7, 11) is 2.00. The van der Waals surface area contributed by atoms with Crippen molar-refractivity contribution in [2.45, 2.75) is 38.6 Å². The lowest BCUT2D eigenvalue weighted by atomic mass is 10.1. The van der Waals surface area contributed by atoms with Crippen LogP contribution in [0.25, 0.3) is 0 Å². The fraction of sp³-hybridized carbons (Fsp3) is 0.583. The molecule has 0 spiro atoms. The summed E-state index contributed by atoms with van der Waals surface area (Å²) in [5.41, 5.74) is 1.12. The third-order valence-electron chi connectivity index (χ3n) is 2.56. The summed E-state index contributed by atoms with van der Waals surface area (Å²) in [6.07, 6.45) is 6.82. The molecule has 15 heavy (non-hydrogen) atoms. The zero-order chi connectivity index (χ0) is 11.1. The molecule has 0 radical (unpaired) electrons. The van der Waals surface area contributed by atoms with Crippen LogP contribution in [0, 0.1) is 0 Å². The van der Waals surface area contributed by atoms with Crippen LogP contribution in [0.5, 0.6) is 0 Å². The highest BCUT2D eigenvalue weighted by atomic mass is 79.9. The number of nitrogens with zero attached hydrogens (tertiary/aromatic N) is 1. The van der Waals surface area contributed by atoms with Gasteiger partial charge < -0.3 is 5.32 Å². The van der Waals surface area contributed by atoms with Gasteiger partial charge in [0.05, 0.1) is 11.7 Å². The highest BCUT2D eigenvalue weighted by Crippen LogP contribution is 2.24. The second-order valence-electron chi connectivity index (χ2n) is 3.71. The van der Waals surface area contributed by atoms with E-state index in [9.17, 15) is 0 Å². The van der Waals surface area contributed by atoms with Gasteiger partial charge in [0.2, 0.25) is 0 Å². The Bertz CT molecular complexity index is 289. The largest absolute Gasteiger partial charge is 0.312 e. The minimum absolute atomic E-state index is 0.368. The van der Waals surface area contributed by atoms with Gasteiger partial charge in [-0.1, -0.05) is 26.2 Å². The smallest absolute Gasteiger partial charge is 0.0714 e. The summed E-state index contributed by atoms with van der Waals surface area (Å²) in [5, 5.41) is 3.33. The number of unbranched alkanes of at least 4 members (excludes halogenated alkanes) is 2. The van der Waals surface area contributed by atoms with E-state index >= 15 is 0 Å². The lowest BCUT2D eigenvalue weighted by Crippen LogP contribution is -2.18. The van der Waals surface area contributed by atoms with E-state index in [1.165, 1.54) is 19.3 Å². The van der Waals surface area contributed by atoms with Crippen LogP contribution in [0.2, 0.25) is 0 Å². The highest BCUT2D eigenvalue weighted by molar-refractivity contribution is 9.10. The maximum atomic E-state index is 4.42. The molecule has 3 heteroatoms. The van der Waals surface area contributed by atoms with Gasteiger partial charge in [-0.25, -0.2) is 0 Å². The third-order valence-corrected chi connectivity index (χ3v) is 3.23. The molecule has 0 aromatic carbocycles. The fourth-order valence-electron chi connectivity index (χ4n) is 1.67. The summed E-state index contributed by atoms with van der Waals surface area (Å²) >= 11 is 3.54. The molecule has 0 aliphatic carbocycles. The lowest BCUT2D eigenvalue weighted by molar-refractivity contribution is 0.500. The van der Waals surface area contributed by atoms with Crippen LogP contribution in [0.1, 0.15) is 44.3 Å². The van der Waals surface area contributed by atoms with Crippen LogP contribution >= 0.6 is 15.9 Å². The topological polar surface area (TPSA) is 24.9 Å². The van der Waals surface area contributed by atoms with Gasteiger partial charge in [0.15, 0.2) is 0 Å². The van der Waals surface area contributed by atoms with Crippen LogP contribution in [0.15, 0.2) is 22.8 Å². The Morgan fingerprint density at radius 3 is 2.87 bits per heavy atom. The Hall–Kier alpha value is -0.410. The van der Waals surface area contributed by atoms with Crippen molar-refractivity contribution in [3.63, 3.8) is 0 Å². The highest BCUT2D eigenvalue weighted by Gasteiger charge is 2.12. The fourth-order valence-corrected chi connectivity index (χ4v) is 2.20. The Labute approximate surface area is 101 Å². The molecule has 84 valence electrons. The Kier molecular flexibility index (Phi) is 5.88. The maximum Gasteiger partial charge on any atom is 0.0714 e. The van der Waals surface area contributed by atoms with E-state index in [2.05, 4.69) is 33.2 Å². The van der Waals surface area contributed by atoms with Crippen molar-refractivity contribution in [2.75, 3.05) is 7.05 Å². The number of rotatable bonds is 6. The summed E-state index contributed by atoms with van der Waals surface area (Å²) in [6.45, 7) is 2.23. The predicted octanol–water partition coefficient (Wildman–Crippen LogP) is 3.68. The quantitative estimate of drug-likeness (QED) is 0.798. The predicted molar refractivity (Wildman–Crippen MR) is 67.9 cm³/mol. The van der Waals surface area contributed by atoms with Gasteiger partial charge in [-0.05, 0) is 41.5 Å². The summed E-state index contributed by atoms with van der Waals surface area (Å²) in [6, 6.07) is 4.37. The van der Waals surface area contributed by atoms with Crippen molar-refractivity contribution in [3.8, 4) is 0 Å². The molecule has 0 bridgehead atoms. The second kappa shape index (κ2) is 6.96. The van der Waals surface area contributed by atoms with Crippen molar-refractivity contribution in [2.24, 2.45) is 0 Å². The Morgan fingerprint density at radius 1 is 1.47 bits per heavy atom. The number of aromatic nitrogens is 1. The first kappa shape index (κ1) is 12.7. The monoisotopic (exact) mass is 270 g/mol. The van der Waals surface area contributed by atoms with E-state index in [0.29, 0.717) is 6.04 Å². The van der Waals surface area contributed by atoms with E-state index < -0.39 is 0 Å². The van der Waals surface area contributed by atoms with Gasteiger partial charge in [-0.15, -0.1) is 0 Å². The van der Waals surface area contributed by atoms with Crippen LogP contribution in [-0.2, 0) is 0 Å². The zero-order valence-corrected chi connectivity index (χ0v) is 11.0. The molecule has 1 rings (SSSR count). The van der Waals surface area contributed by atoms with Crippen LogP contribution in [-0.4, -0.2) is 12.0 Å². The molecule has 1 unspecified atom stereocenters. The molecule has 0 amide bonds. The Morgan fingerprint density at radius 2 is 2.27 bits per heavy atom. The van der Waals surface area contributed by atoms with Gasteiger partial charge in [0.1, 0.15) is 0 Å². The molecular formula is C12H19BrN2. The van der Waals surface area contributed by atoms with Gasteiger partial charge in [0.25, 0.3) is 0 Å². The molecule has 0 fully saturated rings. The van der Waals surface area contributed by atoms with Crippen molar-refractivity contribution >= 4 is 15.9 Å². The maximum absolute atomic E-state index is 4.42. The average molecular weight is 271 g/mol. The minimum Gasteiger partial charge on any atom is -0.312 e. The van der Waals surface area contributed by atoms with Gasteiger partial charge >= 0.3 is 0 Å². The second-order valence-corrected chi connectivity index (χ2v) is 4.56. The van der Waals surface area contributed by atoms with Gasteiger partial charge in [-0.3, -0.25) is 4.98 Å². The van der Waals surface area contributed by atoms with Crippen molar-refractivity contribution in [3.05, 3.63) is 28.5 Å². The molecule has 1 aromatic rings. The van der Waals surface area contributed by atoms with Crippen LogP contribution < -0.4 is 5.32 Å². The number of nitrogens with one attached hydrogen (secondary N) is 1. The molecule has 1 atom stereocenters.